The summed E-state index contributed by atoms with van der Waals surface area (Å²) in [4.78, 5) is 12.2. The fourth-order valence-electron chi connectivity index (χ4n) is 2.81. The summed E-state index contributed by atoms with van der Waals surface area (Å²) >= 11 is 0. The number of alkyl halides is 3. The maximum absolute atomic E-state index is 12.2. The first-order valence-corrected chi connectivity index (χ1v) is 7.67. The van der Waals surface area contributed by atoms with E-state index in [1.54, 1.807) is 7.11 Å². The molecule has 1 heterocycles. The van der Waals surface area contributed by atoms with Gasteiger partial charge in [-0.3, -0.25) is 4.79 Å². The zero-order chi connectivity index (χ0) is 17.6. The van der Waals surface area contributed by atoms with Crippen molar-refractivity contribution in [1.82, 2.24) is 10.6 Å². The lowest BCUT2D eigenvalue weighted by Crippen LogP contribution is -2.47. The molecule has 0 unspecified atom stereocenters. The lowest BCUT2D eigenvalue weighted by molar-refractivity contribution is -0.274. The lowest BCUT2D eigenvalue weighted by atomic mass is 9.79. The van der Waals surface area contributed by atoms with E-state index in [1.807, 2.05) is 0 Å². The first kappa shape index (κ1) is 21.5. The normalized spacial score (nSPS) is 16.6. The number of hydrogen-bond acceptors (Lipinski definition) is 4. The molecule has 1 aromatic carbocycles. The van der Waals surface area contributed by atoms with Crippen molar-refractivity contribution in [3.05, 3.63) is 29.8 Å². The van der Waals surface area contributed by atoms with Gasteiger partial charge in [-0.15, -0.1) is 25.6 Å². The molecule has 0 radical (unpaired) electrons. The van der Waals surface area contributed by atoms with Crippen molar-refractivity contribution in [3.8, 4) is 5.75 Å². The van der Waals surface area contributed by atoms with Crippen LogP contribution in [-0.4, -0.2) is 45.6 Å². The quantitative estimate of drug-likeness (QED) is 0.794. The number of amides is 1. The smallest absolute Gasteiger partial charge is 0.406 e. The summed E-state index contributed by atoms with van der Waals surface area (Å²) in [7, 11) is 1.63. The van der Waals surface area contributed by atoms with E-state index >= 15 is 0 Å². The molecule has 2 N–H and O–H groups in total. The van der Waals surface area contributed by atoms with Crippen LogP contribution >= 0.6 is 12.4 Å². The largest absolute Gasteiger partial charge is 0.573 e. The Morgan fingerprint density at radius 3 is 2.36 bits per heavy atom. The van der Waals surface area contributed by atoms with Crippen molar-refractivity contribution in [2.24, 2.45) is 5.41 Å². The molecule has 142 valence electrons. The number of carbonyl (C=O) groups excluding carboxylic acids is 1. The lowest BCUT2D eigenvalue weighted by Gasteiger charge is -2.37. The Labute approximate surface area is 150 Å². The van der Waals surface area contributed by atoms with Crippen molar-refractivity contribution in [2.45, 2.75) is 19.2 Å². The second kappa shape index (κ2) is 9.26. The van der Waals surface area contributed by atoms with E-state index in [4.69, 9.17) is 4.74 Å². The standard InChI is InChI=1S/C16H21F3N2O3.ClH/c1-23-11-15(6-8-20-9-7-15)10-21-14(22)12-2-4-13(5-3-12)24-16(17,18)19;/h2-5,20H,6-11H2,1H3,(H,21,22);1H. The van der Waals surface area contributed by atoms with Gasteiger partial charge in [0, 0.05) is 24.6 Å². The molecule has 0 atom stereocenters. The number of carbonyl (C=O) groups is 1. The molecule has 1 aliphatic heterocycles. The third kappa shape index (κ3) is 6.72. The van der Waals surface area contributed by atoms with Gasteiger partial charge < -0.3 is 20.1 Å². The van der Waals surface area contributed by atoms with Gasteiger partial charge in [0.2, 0.25) is 0 Å². The summed E-state index contributed by atoms with van der Waals surface area (Å²) in [5, 5.41) is 6.12. The van der Waals surface area contributed by atoms with E-state index in [2.05, 4.69) is 15.4 Å². The van der Waals surface area contributed by atoms with Crippen LogP contribution in [0.5, 0.6) is 5.75 Å². The number of nitrogens with one attached hydrogen (secondary N) is 2. The summed E-state index contributed by atoms with van der Waals surface area (Å²) in [5.41, 5.74) is 0.167. The van der Waals surface area contributed by atoms with E-state index in [-0.39, 0.29) is 35.0 Å². The first-order valence-electron chi connectivity index (χ1n) is 7.67. The minimum Gasteiger partial charge on any atom is -0.406 e. The number of halogens is 4. The highest BCUT2D eigenvalue weighted by Gasteiger charge is 2.33. The molecule has 0 aromatic heterocycles. The molecule has 0 bridgehead atoms. The predicted octanol–water partition coefficient (Wildman–Crippen LogP) is 2.75. The molecule has 1 saturated heterocycles. The van der Waals surface area contributed by atoms with Gasteiger partial charge in [0.05, 0.1) is 6.61 Å². The molecule has 1 aromatic rings. The molecule has 25 heavy (non-hydrogen) atoms. The summed E-state index contributed by atoms with van der Waals surface area (Å²) in [6, 6.07) is 4.86. The van der Waals surface area contributed by atoms with Crippen LogP contribution in [0.2, 0.25) is 0 Å². The number of hydrogen-bond donors (Lipinski definition) is 2. The molecular formula is C16H22ClF3N2O3. The average molecular weight is 383 g/mol. The maximum Gasteiger partial charge on any atom is 0.573 e. The van der Waals surface area contributed by atoms with Gasteiger partial charge in [0.1, 0.15) is 5.75 Å². The predicted molar refractivity (Wildman–Crippen MR) is 89.1 cm³/mol. The van der Waals surface area contributed by atoms with Gasteiger partial charge in [0.15, 0.2) is 0 Å². The second-order valence-corrected chi connectivity index (χ2v) is 5.94. The molecule has 9 heteroatoms. The highest BCUT2D eigenvalue weighted by Crippen LogP contribution is 2.28. The monoisotopic (exact) mass is 382 g/mol. The number of rotatable bonds is 6. The maximum atomic E-state index is 12.2. The van der Waals surface area contributed by atoms with Gasteiger partial charge >= 0.3 is 6.36 Å². The van der Waals surface area contributed by atoms with E-state index < -0.39 is 6.36 Å². The number of piperidine rings is 1. The minimum absolute atomic E-state index is 0. The van der Waals surface area contributed by atoms with E-state index in [9.17, 15) is 18.0 Å². The molecule has 1 aliphatic rings. The second-order valence-electron chi connectivity index (χ2n) is 5.94. The molecule has 1 amide bonds. The van der Waals surface area contributed by atoms with Crippen molar-refractivity contribution in [3.63, 3.8) is 0 Å². The summed E-state index contributed by atoms with van der Waals surface area (Å²) in [6.45, 7) is 2.74. The molecule has 0 saturated carbocycles. The van der Waals surface area contributed by atoms with Gasteiger partial charge in [0.25, 0.3) is 5.91 Å². The Hall–Kier alpha value is -1.51. The highest BCUT2D eigenvalue weighted by atomic mass is 35.5. The van der Waals surface area contributed by atoms with Crippen LogP contribution in [0.1, 0.15) is 23.2 Å². The summed E-state index contributed by atoms with van der Waals surface area (Å²) in [6.07, 6.45) is -2.97. The number of ether oxygens (including phenoxy) is 2. The van der Waals surface area contributed by atoms with Crippen LogP contribution in [0.25, 0.3) is 0 Å². The van der Waals surface area contributed by atoms with Crippen LogP contribution in [0.4, 0.5) is 13.2 Å². The van der Waals surface area contributed by atoms with Gasteiger partial charge in [-0.1, -0.05) is 0 Å². The topological polar surface area (TPSA) is 59.6 Å². The number of methoxy groups -OCH3 is 1. The first-order chi connectivity index (χ1) is 11.3. The zero-order valence-corrected chi connectivity index (χ0v) is 14.6. The fraction of sp³-hybridized carbons (Fsp3) is 0.562. The van der Waals surface area contributed by atoms with Crippen molar-refractivity contribution in [1.29, 1.82) is 0 Å². The third-order valence-electron chi connectivity index (χ3n) is 4.09. The van der Waals surface area contributed by atoms with E-state index in [1.165, 1.54) is 12.1 Å². The minimum atomic E-state index is -4.74. The fourth-order valence-corrected chi connectivity index (χ4v) is 2.81. The molecule has 1 fully saturated rings. The van der Waals surface area contributed by atoms with Gasteiger partial charge in [-0.25, -0.2) is 0 Å². The molecule has 2 rings (SSSR count). The Morgan fingerprint density at radius 2 is 1.84 bits per heavy atom. The molecule has 0 aliphatic carbocycles. The Kier molecular flexibility index (Phi) is 7.98. The van der Waals surface area contributed by atoms with Crippen LogP contribution in [0, 0.1) is 5.41 Å². The molecule has 5 nitrogen and oxygen atoms in total. The van der Waals surface area contributed by atoms with Crippen LogP contribution < -0.4 is 15.4 Å². The third-order valence-corrected chi connectivity index (χ3v) is 4.09. The SMILES string of the molecule is COCC1(CNC(=O)c2ccc(OC(F)(F)F)cc2)CCNCC1.Cl. The van der Waals surface area contributed by atoms with Crippen molar-refractivity contribution in [2.75, 3.05) is 33.4 Å². The average Bonchev–Trinajstić information content (AvgIpc) is 2.53. The van der Waals surface area contributed by atoms with Crippen LogP contribution in [-0.2, 0) is 4.74 Å². The zero-order valence-electron chi connectivity index (χ0n) is 13.8. The summed E-state index contributed by atoms with van der Waals surface area (Å²) in [5.74, 6) is -0.684. The highest BCUT2D eigenvalue weighted by molar-refractivity contribution is 5.94. The van der Waals surface area contributed by atoms with E-state index in [0.29, 0.717) is 13.2 Å². The van der Waals surface area contributed by atoms with Crippen LogP contribution in [0.3, 0.4) is 0 Å². The Balaban J connectivity index is 0.00000312. The number of benzene rings is 1. The molecule has 0 spiro atoms. The van der Waals surface area contributed by atoms with Gasteiger partial charge in [-0.05, 0) is 50.2 Å². The van der Waals surface area contributed by atoms with Crippen LogP contribution in [0.15, 0.2) is 24.3 Å². The van der Waals surface area contributed by atoms with E-state index in [0.717, 1.165) is 38.1 Å². The Bertz CT molecular complexity index is 541. The molecular weight excluding hydrogens is 361 g/mol. The van der Waals surface area contributed by atoms with Gasteiger partial charge in [-0.2, -0.15) is 0 Å². The summed E-state index contributed by atoms with van der Waals surface area (Å²) < 4.78 is 45.4. The van der Waals surface area contributed by atoms with Crippen molar-refractivity contribution >= 4 is 18.3 Å². The Morgan fingerprint density at radius 1 is 1.24 bits per heavy atom. The van der Waals surface area contributed by atoms with Crippen molar-refractivity contribution < 1.29 is 27.4 Å².